The third-order valence-electron chi connectivity index (χ3n) is 4.68. The second-order valence-corrected chi connectivity index (χ2v) is 6.96. The van der Waals surface area contributed by atoms with Crippen LogP contribution in [-0.4, -0.2) is 32.2 Å². The summed E-state index contributed by atoms with van der Waals surface area (Å²) in [5.41, 5.74) is 2.81. The highest BCUT2D eigenvalue weighted by Gasteiger charge is 2.18. The Balaban J connectivity index is 1.66. The number of carbonyl (C=O) groups excluding carboxylic acids is 1. The van der Waals surface area contributed by atoms with Crippen LogP contribution >= 0.6 is 11.6 Å². The Labute approximate surface area is 183 Å². The maximum Gasteiger partial charge on any atom is 0.255 e. The smallest absolute Gasteiger partial charge is 0.255 e. The van der Waals surface area contributed by atoms with Crippen molar-refractivity contribution in [2.75, 3.05) is 26.6 Å². The van der Waals surface area contributed by atoms with E-state index >= 15 is 0 Å². The zero-order valence-electron chi connectivity index (χ0n) is 17.1. The molecule has 0 saturated carbocycles. The fourth-order valence-corrected chi connectivity index (χ4v) is 3.37. The molecule has 158 valence electrons. The molecule has 7 nitrogen and oxygen atoms in total. The SMILES string of the molecule is COc1cc(C(=O)Nc2ccc(Cl)c(-c3nc4ccccc4o3)c2)cc(OC)c1OC. The van der Waals surface area contributed by atoms with Gasteiger partial charge >= 0.3 is 0 Å². The quantitative estimate of drug-likeness (QED) is 0.432. The molecule has 0 fully saturated rings. The maximum absolute atomic E-state index is 12.9. The van der Waals surface area contributed by atoms with Gasteiger partial charge in [0.25, 0.3) is 5.91 Å². The van der Waals surface area contributed by atoms with Gasteiger partial charge in [-0.25, -0.2) is 4.98 Å². The molecule has 0 aliphatic rings. The van der Waals surface area contributed by atoms with Gasteiger partial charge in [-0.1, -0.05) is 23.7 Å². The first-order valence-electron chi connectivity index (χ1n) is 9.31. The van der Waals surface area contributed by atoms with E-state index in [9.17, 15) is 4.79 Å². The molecule has 1 amide bonds. The van der Waals surface area contributed by atoms with Crippen LogP contribution in [0.1, 0.15) is 10.4 Å². The van der Waals surface area contributed by atoms with Gasteiger partial charge in [-0.05, 0) is 42.5 Å². The summed E-state index contributed by atoms with van der Waals surface area (Å²) in [5, 5.41) is 3.31. The Morgan fingerprint density at radius 3 is 2.32 bits per heavy atom. The Morgan fingerprint density at radius 2 is 1.68 bits per heavy atom. The van der Waals surface area contributed by atoms with Crippen molar-refractivity contribution in [2.45, 2.75) is 0 Å². The number of anilines is 1. The van der Waals surface area contributed by atoms with Gasteiger partial charge in [0, 0.05) is 11.3 Å². The second kappa shape index (κ2) is 8.57. The van der Waals surface area contributed by atoms with Crippen molar-refractivity contribution in [1.82, 2.24) is 4.98 Å². The number of methoxy groups -OCH3 is 3. The van der Waals surface area contributed by atoms with Crippen LogP contribution in [0.3, 0.4) is 0 Å². The number of para-hydroxylation sites is 2. The largest absolute Gasteiger partial charge is 0.493 e. The van der Waals surface area contributed by atoms with Gasteiger partial charge in [-0.3, -0.25) is 4.79 Å². The third kappa shape index (κ3) is 4.00. The van der Waals surface area contributed by atoms with E-state index in [1.54, 1.807) is 30.3 Å². The molecule has 0 bridgehead atoms. The third-order valence-corrected chi connectivity index (χ3v) is 5.01. The fourth-order valence-electron chi connectivity index (χ4n) is 3.17. The number of aromatic nitrogens is 1. The highest BCUT2D eigenvalue weighted by Crippen LogP contribution is 2.38. The molecule has 4 aromatic rings. The van der Waals surface area contributed by atoms with Crippen molar-refractivity contribution in [3.05, 3.63) is 65.2 Å². The molecule has 1 N–H and O–H groups in total. The molecule has 31 heavy (non-hydrogen) atoms. The molecule has 0 radical (unpaired) electrons. The van der Waals surface area contributed by atoms with Crippen molar-refractivity contribution < 1.29 is 23.4 Å². The summed E-state index contributed by atoms with van der Waals surface area (Å²) in [6.07, 6.45) is 0. The first-order valence-corrected chi connectivity index (χ1v) is 9.68. The summed E-state index contributed by atoms with van der Waals surface area (Å²) in [5.74, 6) is 1.19. The molecular weight excluding hydrogens is 420 g/mol. The van der Waals surface area contributed by atoms with E-state index in [-0.39, 0.29) is 5.91 Å². The molecular formula is C23H19ClN2O5. The van der Waals surface area contributed by atoms with E-state index in [0.29, 0.717) is 50.6 Å². The van der Waals surface area contributed by atoms with Crippen molar-refractivity contribution in [3.63, 3.8) is 0 Å². The van der Waals surface area contributed by atoms with E-state index in [1.165, 1.54) is 21.3 Å². The van der Waals surface area contributed by atoms with Gasteiger partial charge in [0.15, 0.2) is 17.1 Å². The summed E-state index contributed by atoms with van der Waals surface area (Å²) < 4.78 is 21.7. The lowest BCUT2D eigenvalue weighted by molar-refractivity contribution is 0.102. The van der Waals surface area contributed by atoms with Gasteiger partial charge in [0.05, 0.1) is 31.9 Å². The number of hydrogen-bond donors (Lipinski definition) is 1. The molecule has 3 aromatic carbocycles. The minimum Gasteiger partial charge on any atom is -0.493 e. The fraction of sp³-hybridized carbons (Fsp3) is 0.130. The number of nitrogens with zero attached hydrogens (tertiary/aromatic N) is 1. The first-order chi connectivity index (χ1) is 15.0. The second-order valence-electron chi connectivity index (χ2n) is 6.55. The first kappa shape index (κ1) is 20.6. The van der Waals surface area contributed by atoms with Crippen LogP contribution in [-0.2, 0) is 0 Å². The lowest BCUT2D eigenvalue weighted by atomic mass is 10.1. The van der Waals surface area contributed by atoms with E-state index < -0.39 is 0 Å². The highest BCUT2D eigenvalue weighted by atomic mass is 35.5. The molecule has 0 aliphatic heterocycles. The molecule has 1 heterocycles. The molecule has 8 heteroatoms. The zero-order chi connectivity index (χ0) is 22.0. The standard InChI is InChI=1S/C23H19ClN2O5/c1-28-19-10-13(11-20(29-2)21(19)30-3)22(27)25-14-8-9-16(24)15(12-14)23-26-17-6-4-5-7-18(17)31-23/h4-12H,1-3H3,(H,25,27). The number of ether oxygens (including phenoxy) is 3. The van der Waals surface area contributed by atoms with Crippen molar-refractivity contribution in [2.24, 2.45) is 0 Å². The Hall–Kier alpha value is -3.71. The molecule has 0 saturated heterocycles. The van der Waals surface area contributed by atoms with Crippen LogP contribution in [0.2, 0.25) is 5.02 Å². The van der Waals surface area contributed by atoms with Crippen molar-refractivity contribution >= 4 is 34.3 Å². The van der Waals surface area contributed by atoms with Gasteiger partial charge in [-0.2, -0.15) is 0 Å². The number of benzene rings is 3. The predicted octanol–water partition coefficient (Wildman–Crippen LogP) is 5.43. The summed E-state index contributed by atoms with van der Waals surface area (Å²) in [6.45, 7) is 0. The van der Waals surface area contributed by atoms with Gasteiger partial charge < -0.3 is 23.9 Å². The zero-order valence-corrected chi connectivity index (χ0v) is 17.8. The molecule has 0 spiro atoms. The lowest BCUT2D eigenvalue weighted by Gasteiger charge is -2.14. The number of carbonyl (C=O) groups is 1. The monoisotopic (exact) mass is 438 g/mol. The summed E-state index contributed by atoms with van der Waals surface area (Å²) in [6, 6.07) is 15.7. The van der Waals surface area contributed by atoms with Gasteiger partial charge in [0.1, 0.15) is 5.52 Å². The van der Waals surface area contributed by atoms with Crippen LogP contribution in [0.15, 0.2) is 59.0 Å². The average Bonchev–Trinajstić information content (AvgIpc) is 3.23. The molecule has 0 unspecified atom stereocenters. The number of hydrogen-bond acceptors (Lipinski definition) is 6. The number of amides is 1. The van der Waals surface area contributed by atoms with Crippen LogP contribution in [0.25, 0.3) is 22.6 Å². The topological polar surface area (TPSA) is 82.8 Å². The summed E-state index contributed by atoms with van der Waals surface area (Å²) >= 11 is 6.36. The van der Waals surface area contributed by atoms with Gasteiger partial charge in [0.2, 0.25) is 11.6 Å². The predicted molar refractivity (Wildman–Crippen MR) is 119 cm³/mol. The summed E-state index contributed by atoms with van der Waals surface area (Å²) in [7, 11) is 4.48. The number of fused-ring (bicyclic) bond motifs is 1. The number of halogens is 1. The average molecular weight is 439 g/mol. The Morgan fingerprint density at radius 1 is 0.968 bits per heavy atom. The Kier molecular flexibility index (Phi) is 5.68. The maximum atomic E-state index is 12.9. The normalized spacial score (nSPS) is 10.7. The summed E-state index contributed by atoms with van der Waals surface area (Å²) in [4.78, 5) is 17.4. The van der Waals surface area contributed by atoms with Crippen LogP contribution in [0.5, 0.6) is 17.2 Å². The van der Waals surface area contributed by atoms with E-state index in [2.05, 4.69) is 10.3 Å². The van der Waals surface area contributed by atoms with Crippen LogP contribution in [0.4, 0.5) is 5.69 Å². The van der Waals surface area contributed by atoms with Crippen LogP contribution in [0, 0.1) is 0 Å². The van der Waals surface area contributed by atoms with E-state index in [0.717, 1.165) is 5.52 Å². The minimum absolute atomic E-state index is 0.341. The lowest BCUT2D eigenvalue weighted by Crippen LogP contribution is -2.12. The molecule has 4 rings (SSSR count). The molecule has 0 atom stereocenters. The minimum atomic E-state index is -0.356. The van der Waals surface area contributed by atoms with Gasteiger partial charge in [-0.15, -0.1) is 0 Å². The van der Waals surface area contributed by atoms with E-state index in [4.69, 9.17) is 30.2 Å². The molecule has 0 aliphatic carbocycles. The van der Waals surface area contributed by atoms with E-state index in [1.807, 2.05) is 24.3 Å². The van der Waals surface area contributed by atoms with Crippen molar-refractivity contribution in [1.29, 1.82) is 0 Å². The highest BCUT2D eigenvalue weighted by molar-refractivity contribution is 6.33. The van der Waals surface area contributed by atoms with Crippen LogP contribution < -0.4 is 19.5 Å². The van der Waals surface area contributed by atoms with Crippen molar-refractivity contribution in [3.8, 4) is 28.7 Å². The number of nitrogens with one attached hydrogen (secondary N) is 1. The number of oxazole rings is 1. The molecule has 1 aromatic heterocycles. The number of rotatable bonds is 6. The Bertz CT molecular complexity index is 1210.